The highest BCUT2D eigenvalue weighted by Crippen LogP contribution is 2.31. The van der Waals surface area contributed by atoms with Crippen molar-refractivity contribution in [1.29, 1.82) is 0 Å². The average molecular weight is 352 g/mol. The van der Waals surface area contributed by atoms with Crippen LogP contribution in [0.3, 0.4) is 0 Å². The monoisotopic (exact) mass is 352 g/mol. The minimum atomic E-state index is -0.125. The molecule has 0 fully saturated rings. The van der Waals surface area contributed by atoms with E-state index in [4.69, 9.17) is 4.74 Å². The van der Waals surface area contributed by atoms with E-state index in [0.29, 0.717) is 12.3 Å². The zero-order valence-corrected chi connectivity index (χ0v) is 15.1. The van der Waals surface area contributed by atoms with Gasteiger partial charge >= 0.3 is 0 Å². The van der Waals surface area contributed by atoms with E-state index in [-0.39, 0.29) is 36.8 Å². The molecule has 0 saturated heterocycles. The molecule has 136 valence electrons. The van der Waals surface area contributed by atoms with Gasteiger partial charge in [-0.15, -0.1) is 0 Å². The molecule has 0 aromatic heterocycles. The van der Waals surface area contributed by atoms with Gasteiger partial charge in [0, 0.05) is 13.0 Å². The maximum absolute atomic E-state index is 12.5. The molecule has 0 aliphatic carbocycles. The number of hydrogen-bond donors (Lipinski definition) is 1. The second-order valence-electron chi connectivity index (χ2n) is 6.75. The first-order valence-corrected chi connectivity index (χ1v) is 8.93. The summed E-state index contributed by atoms with van der Waals surface area (Å²) >= 11 is 0. The number of para-hydroxylation sites is 2. The van der Waals surface area contributed by atoms with E-state index < -0.39 is 0 Å². The largest absolute Gasteiger partial charge is 0.482 e. The van der Waals surface area contributed by atoms with Gasteiger partial charge in [0.15, 0.2) is 6.61 Å². The van der Waals surface area contributed by atoms with Crippen LogP contribution >= 0.6 is 0 Å². The van der Waals surface area contributed by atoms with E-state index >= 15 is 0 Å². The van der Waals surface area contributed by atoms with Gasteiger partial charge in [0.25, 0.3) is 5.91 Å². The molecule has 2 aromatic rings. The Kier molecular flexibility index (Phi) is 5.56. The summed E-state index contributed by atoms with van der Waals surface area (Å²) in [6, 6.07) is 17.3. The van der Waals surface area contributed by atoms with Crippen molar-refractivity contribution in [3.63, 3.8) is 0 Å². The molecule has 1 aliphatic rings. The summed E-state index contributed by atoms with van der Waals surface area (Å²) in [5.41, 5.74) is 1.81. The highest BCUT2D eigenvalue weighted by Gasteiger charge is 2.26. The van der Waals surface area contributed by atoms with Gasteiger partial charge in [0.2, 0.25) is 5.91 Å². The van der Waals surface area contributed by atoms with Crippen molar-refractivity contribution >= 4 is 17.5 Å². The van der Waals surface area contributed by atoms with E-state index in [0.717, 1.165) is 11.3 Å². The van der Waals surface area contributed by atoms with Gasteiger partial charge < -0.3 is 15.0 Å². The van der Waals surface area contributed by atoms with E-state index in [1.165, 1.54) is 0 Å². The second-order valence-corrected chi connectivity index (χ2v) is 6.75. The zero-order valence-electron chi connectivity index (χ0n) is 15.1. The first kappa shape index (κ1) is 18.0. The van der Waals surface area contributed by atoms with Gasteiger partial charge in [-0.2, -0.15) is 0 Å². The third-order valence-electron chi connectivity index (χ3n) is 4.51. The van der Waals surface area contributed by atoms with Crippen LogP contribution in [0.5, 0.6) is 5.75 Å². The number of carbonyl (C=O) groups excluding carboxylic acids is 2. The molecule has 0 bridgehead atoms. The van der Waals surface area contributed by atoms with E-state index in [1.54, 1.807) is 4.90 Å². The highest BCUT2D eigenvalue weighted by molar-refractivity contribution is 5.98. The van der Waals surface area contributed by atoms with Gasteiger partial charge in [0.05, 0.1) is 11.7 Å². The third-order valence-corrected chi connectivity index (χ3v) is 4.51. The van der Waals surface area contributed by atoms with Crippen molar-refractivity contribution < 1.29 is 14.3 Å². The van der Waals surface area contributed by atoms with Crippen molar-refractivity contribution in [3.05, 3.63) is 60.2 Å². The number of benzene rings is 2. The highest BCUT2D eigenvalue weighted by atomic mass is 16.5. The number of ether oxygens (including phenoxy) is 1. The van der Waals surface area contributed by atoms with Crippen molar-refractivity contribution in [2.75, 3.05) is 18.1 Å². The molecule has 1 heterocycles. The molecule has 2 amide bonds. The number of nitrogens with one attached hydrogen (secondary N) is 1. The van der Waals surface area contributed by atoms with Crippen LogP contribution in [0.1, 0.15) is 31.9 Å². The van der Waals surface area contributed by atoms with Crippen LogP contribution in [0.25, 0.3) is 0 Å². The first-order valence-electron chi connectivity index (χ1n) is 8.93. The standard InChI is InChI=1S/C21H24N2O3/c1-15(2)21(16-8-4-3-5-9-16)22-19(24)12-13-23-17-10-6-7-11-18(17)26-14-20(23)25/h3-11,15,21H,12-14H2,1-2H3,(H,22,24). The summed E-state index contributed by atoms with van der Waals surface area (Å²) in [4.78, 5) is 26.3. The van der Waals surface area contributed by atoms with E-state index in [9.17, 15) is 9.59 Å². The van der Waals surface area contributed by atoms with Gasteiger partial charge in [-0.05, 0) is 23.6 Å². The maximum atomic E-state index is 12.5. The van der Waals surface area contributed by atoms with Crippen LogP contribution in [0.4, 0.5) is 5.69 Å². The summed E-state index contributed by atoms with van der Waals surface area (Å²) in [6.45, 7) is 4.52. The molecular weight excluding hydrogens is 328 g/mol. The second kappa shape index (κ2) is 8.04. The molecule has 0 saturated carbocycles. The molecule has 1 unspecified atom stereocenters. The summed E-state index contributed by atoms with van der Waals surface area (Å²) in [5.74, 6) is 0.758. The molecule has 0 radical (unpaired) electrons. The molecule has 5 heteroatoms. The fourth-order valence-corrected chi connectivity index (χ4v) is 3.15. The number of carbonyl (C=O) groups is 2. The Balaban J connectivity index is 1.64. The smallest absolute Gasteiger partial charge is 0.265 e. The number of anilines is 1. The minimum absolute atomic E-state index is 0.0112. The Morgan fingerprint density at radius 2 is 1.81 bits per heavy atom. The van der Waals surface area contributed by atoms with Gasteiger partial charge in [-0.25, -0.2) is 0 Å². The van der Waals surface area contributed by atoms with Crippen LogP contribution in [-0.4, -0.2) is 25.0 Å². The van der Waals surface area contributed by atoms with Crippen LogP contribution in [0.2, 0.25) is 0 Å². The molecule has 1 atom stereocenters. The zero-order chi connectivity index (χ0) is 18.5. The van der Waals surface area contributed by atoms with Gasteiger partial charge in [0.1, 0.15) is 5.75 Å². The molecule has 3 rings (SSSR count). The van der Waals surface area contributed by atoms with Gasteiger partial charge in [-0.3, -0.25) is 9.59 Å². The molecule has 2 aromatic carbocycles. The Hall–Kier alpha value is -2.82. The number of hydrogen-bond acceptors (Lipinski definition) is 3. The van der Waals surface area contributed by atoms with Crippen LogP contribution in [0, 0.1) is 5.92 Å². The number of nitrogens with zero attached hydrogens (tertiary/aromatic N) is 1. The summed E-state index contributed by atoms with van der Waals surface area (Å²) in [7, 11) is 0. The van der Waals surface area contributed by atoms with Gasteiger partial charge in [-0.1, -0.05) is 56.3 Å². The predicted molar refractivity (Wildman–Crippen MR) is 101 cm³/mol. The molecule has 0 spiro atoms. The van der Waals surface area contributed by atoms with Crippen molar-refractivity contribution in [3.8, 4) is 5.75 Å². The first-order chi connectivity index (χ1) is 12.6. The fourth-order valence-electron chi connectivity index (χ4n) is 3.15. The van der Waals surface area contributed by atoms with Crippen molar-refractivity contribution in [1.82, 2.24) is 5.32 Å². The van der Waals surface area contributed by atoms with Crippen LogP contribution < -0.4 is 15.0 Å². The topological polar surface area (TPSA) is 58.6 Å². The fraction of sp³-hybridized carbons (Fsp3) is 0.333. The molecule has 26 heavy (non-hydrogen) atoms. The summed E-state index contributed by atoms with van der Waals surface area (Å²) in [5, 5.41) is 3.10. The predicted octanol–water partition coefficient (Wildman–Crippen LogP) is 3.32. The third kappa shape index (κ3) is 4.04. The van der Waals surface area contributed by atoms with E-state index in [2.05, 4.69) is 19.2 Å². The number of fused-ring (bicyclic) bond motifs is 1. The lowest BCUT2D eigenvalue weighted by atomic mass is 9.96. The molecule has 5 nitrogen and oxygen atoms in total. The maximum Gasteiger partial charge on any atom is 0.265 e. The molecule has 1 aliphatic heterocycles. The Labute approximate surface area is 154 Å². The van der Waals surface area contributed by atoms with E-state index in [1.807, 2.05) is 54.6 Å². The molecule has 1 N–H and O–H groups in total. The normalized spacial score (nSPS) is 14.6. The Morgan fingerprint density at radius 3 is 2.54 bits per heavy atom. The van der Waals surface area contributed by atoms with Crippen molar-refractivity contribution in [2.45, 2.75) is 26.3 Å². The van der Waals surface area contributed by atoms with Crippen LogP contribution in [0.15, 0.2) is 54.6 Å². The summed E-state index contributed by atoms with van der Waals surface area (Å²) in [6.07, 6.45) is 0.246. The number of rotatable bonds is 6. The lowest BCUT2D eigenvalue weighted by Crippen LogP contribution is -2.41. The summed E-state index contributed by atoms with van der Waals surface area (Å²) < 4.78 is 5.43. The molecular formula is C21H24N2O3. The average Bonchev–Trinajstić information content (AvgIpc) is 2.65. The SMILES string of the molecule is CC(C)C(NC(=O)CCN1C(=O)COc2ccccc21)c1ccccc1. The van der Waals surface area contributed by atoms with Crippen molar-refractivity contribution in [2.24, 2.45) is 5.92 Å². The Morgan fingerprint density at radius 1 is 1.12 bits per heavy atom. The quantitative estimate of drug-likeness (QED) is 0.868. The Bertz CT molecular complexity index is 774. The number of amides is 2. The minimum Gasteiger partial charge on any atom is -0.482 e. The van der Waals surface area contributed by atoms with Crippen LogP contribution in [-0.2, 0) is 9.59 Å². The lowest BCUT2D eigenvalue weighted by molar-refractivity contribution is -0.122. The lowest BCUT2D eigenvalue weighted by Gasteiger charge is -2.29.